The van der Waals surface area contributed by atoms with Crippen LogP contribution >= 0.6 is 0 Å². The zero-order valence-corrected chi connectivity index (χ0v) is 17.3. The molecule has 7 heteroatoms. The molecule has 0 radical (unpaired) electrons. The lowest BCUT2D eigenvalue weighted by Crippen LogP contribution is -2.28. The second-order valence-electron chi connectivity index (χ2n) is 5.79. The average Bonchev–Trinajstić information content (AvgIpc) is 2.57. The lowest BCUT2D eigenvalue weighted by molar-refractivity contribution is -0.109. The molecule has 25 heavy (non-hydrogen) atoms. The third kappa shape index (κ3) is 35.3. The molecule has 0 aliphatic carbocycles. The van der Waals surface area contributed by atoms with E-state index in [2.05, 4.69) is 31.4 Å². The van der Waals surface area contributed by atoms with E-state index in [1.165, 1.54) is 0 Å². The molecule has 6 nitrogen and oxygen atoms in total. The fraction of sp³-hybridized carbons (Fsp3) is 0.944. The molecular weight excluding hydrogens is 327 g/mol. The number of carbonyl (C=O) groups excluding carboxylic acids is 1. The van der Waals surface area contributed by atoms with Gasteiger partial charge in [-0.15, -0.1) is 0 Å². The maximum absolute atomic E-state index is 13.1. The topological polar surface area (TPSA) is 68.8 Å². The molecule has 2 unspecified atom stereocenters. The number of nitrogens with one attached hydrogen (secondary N) is 2. The summed E-state index contributed by atoms with van der Waals surface area (Å²) in [6.07, 6.45) is -0.840. The first kappa shape index (κ1) is 29.0. The van der Waals surface area contributed by atoms with E-state index in [-0.39, 0.29) is 19.3 Å². The third-order valence-corrected chi connectivity index (χ3v) is 2.20. The summed E-state index contributed by atoms with van der Waals surface area (Å²) in [5.74, 6) is 0.833. The quantitative estimate of drug-likeness (QED) is 0.364. The maximum atomic E-state index is 13.1. The lowest BCUT2D eigenvalue weighted by Gasteiger charge is -2.14. The Morgan fingerprint density at radius 1 is 1.00 bits per heavy atom. The summed E-state index contributed by atoms with van der Waals surface area (Å²) >= 11 is 0. The van der Waals surface area contributed by atoms with Gasteiger partial charge in [-0.3, -0.25) is 4.79 Å². The van der Waals surface area contributed by atoms with Gasteiger partial charge < -0.3 is 24.8 Å². The molecule has 0 fully saturated rings. The number of hydrogen-bond acceptors (Lipinski definition) is 5. The zero-order valence-electron chi connectivity index (χ0n) is 17.3. The predicted molar refractivity (Wildman–Crippen MR) is 102 cm³/mol. The van der Waals surface area contributed by atoms with Crippen molar-refractivity contribution in [3.8, 4) is 0 Å². The maximum Gasteiger partial charge on any atom is 0.207 e. The van der Waals surface area contributed by atoms with Crippen LogP contribution in [0.5, 0.6) is 0 Å². The van der Waals surface area contributed by atoms with Gasteiger partial charge in [0, 0.05) is 6.54 Å². The van der Waals surface area contributed by atoms with Crippen LogP contribution in [-0.2, 0) is 19.0 Å². The first-order valence-corrected chi connectivity index (χ1v) is 9.16. The summed E-state index contributed by atoms with van der Waals surface area (Å²) in [4.78, 5) is 9.95. The van der Waals surface area contributed by atoms with Gasteiger partial charge >= 0.3 is 0 Å². The van der Waals surface area contributed by atoms with Crippen molar-refractivity contribution in [2.24, 2.45) is 5.92 Å². The van der Waals surface area contributed by atoms with Gasteiger partial charge in [-0.05, 0) is 19.9 Å². The molecule has 0 aliphatic heterocycles. The minimum absolute atomic E-state index is 0.0297. The standard InChI is InChI=1S/C12H25FN2O4.C4H10.C2H6/c1-11(19-6-5-17-4-3-14-2)8-18-9-12(13)7-15-10-16;1-4(2)3;1-2/h10-12,14H,3-9H2,1-2H3,(H,15,16);4H,1-3H3;1-2H3. The molecule has 0 saturated heterocycles. The molecule has 0 aliphatic rings. The molecule has 0 aromatic carbocycles. The van der Waals surface area contributed by atoms with Gasteiger partial charge in [0.15, 0.2) is 0 Å². The summed E-state index contributed by atoms with van der Waals surface area (Å²) in [5.41, 5.74) is 0. The fourth-order valence-corrected chi connectivity index (χ4v) is 1.23. The Hall–Kier alpha value is -0.760. The second-order valence-corrected chi connectivity index (χ2v) is 5.79. The second kappa shape index (κ2) is 25.5. The molecule has 154 valence electrons. The number of alkyl halides is 1. The van der Waals surface area contributed by atoms with Gasteiger partial charge in [0.25, 0.3) is 0 Å². The molecule has 2 atom stereocenters. The smallest absolute Gasteiger partial charge is 0.207 e. The van der Waals surface area contributed by atoms with Gasteiger partial charge in [-0.2, -0.15) is 0 Å². The van der Waals surface area contributed by atoms with Crippen LogP contribution in [0.15, 0.2) is 0 Å². The van der Waals surface area contributed by atoms with Crippen molar-refractivity contribution in [2.75, 3.05) is 53.2 Å². The molecule has 0 heterocycles. The van der Waals surface area contributed by atoms with Crippen molar-refractivity contribution in [1.29, 1.82) is 0 Å². The average molecular weight is 369 g/mol. The summed E-state index contributed by atoms with van der Waals surface area (Å²) < 4.78 is 28.9. The van der Waals surface area contributed by atoms with E-state index in [1.807, 2.05) is 27.8 Å². The highest BCUT2D eigenvalue weighted by Crippen LogP contribution is 1.95. The van der Waals surface area contributed by atoms with Crippen molar-refractivity contribution in [3.05, 3.63) is 0 Å². The molecule has 0 bridgehead atoms. The molecule has 0 aromatic heterocycles. The van der Waals surface area contributed by atoms with Crippen LogP contribution in [0.1, 0.15) is 41.5 Å². The molecule has 0 rings (SSSR count). The van der Waals surface area contributed by atoms with Gasteiger partial charge in [0.05, 0.1) is 45.7 Å². The number of hydrogen-bond donors (Lipinski definition) is 2. The fourth-order valence-electron chi connectivity index (χ4n) is 1.23. The number of halogens is 1. The Morgan fingerprint density at radius 3 is 2.12 bits per heavy atom. The Bertz CT molecular complexity index is 244. The SMILES string of the molecule is CC.CC(C)C.CNCCOCCOC(C)COCC(F)CNC=O. The summed E-state index contributed by atoms with van der Waals surface area (Å²) in [5, 5.41) is 5.23. The number of amides is 1. The van der Waals surface area contributed by atoms with Gasteiger partial charge in [0.1, 0.15) is 6.17 Å². The van der Waals surface area contributed by atoms with Crippen LogP contribution in [0.4, 0.5) is 4.39 Å². The van der Waals surface area contributed by atoms with E-state index < -0.39 is 6.17 Å². The summed E-state index contributed by atoms with van der Waals surface area (Å²) in [6.45, 7) is 15.1. The number of carbonyl (C=O) groups is 1. The van der Waals surface area contributed by atoms with Crippen LogP contribution in [0, 0.1) is 5.92 Å². The normalized spacial score (nSPS) is 12.4. The molecule has 0 saturated carbocycles. The van der Waals surface area contributed by atoms with Crippen LogP contribution in [0.25, 0.3) is 0 Å². The highest BCUT2D eigenvalue weighted by molar-refractivity contribution is 5.45. The first-order valence-electron chi connectivity index (χ1n) is 9.16. The van der Waals surface area contributed by atoms with Crippen LogP contribution in [-0.4, -0.2) is 71.9 Å². The van der Waals surface area contributed by atoms with E-state index in [0.29, 0.717) is 32.8 Å². The van der Waals surface area contributed by atoms with Crippen molar-refractivity contribution < 1.29 is 23.4 Å². The van der Waals surface area contributed by atoms with E-state index in [4.69, 9.17) is 14.2 Å². The van der Waals surface area contributed by atoms with E-state index in [9.17, 15) is 9.18 Å². The summed E-state index contributed by atoms with van der Waals surface area (Å²) in [6, 6.07) is 0. The Kier molecular flexibility index (Phi) is 29.6. The zero-order chi connectivity index (χ0) is 19.9. The van der Waals surface area contributed by atoms with Crippen LogP contribution in [0.2, 0.25) is 0 Å². The lowest BCUT2D eigenvalue weighted by atomic mass is 10.3. The largest absolute Gasteiger partial charge is 0.378 e. The third-order valence-electron chi connectivity index (χ3n) is 2.20. The van der Waals surface area contributed by atoms with Gasteiger partial charge in [-0.25, -0.2) is 4.39 Å². The Labute approximate surface area is 154 Å². The van der Waals surface area contributed by atoms with E-state index in [1.54, 1.807) is 0 Å². The first-order chi connectivity index (χ1) is 11.9. The predicted octanol–water partition coefficient (Wildman–Crippen LogP) is 2.42. The molecular formula is C18H41FN2O4. The molecule has 1 amide bonds. The minimum Gasteiger partial charge on any atom is -0.378 e. The highest BCUT2D eigenvalue weighted by Gasteiger charge is 2.08. The number of rotatable bonds is 14. The molecule has 2 N–H and O–H groups in total. The van der Waals surface area contributed by atoms with E-state index >= 15 is 0 Å². The van der Waals surface area contributed by atoms with E-state index in [0.717, 1.165) is 12.5 Å². The highest BCUT2D eigenvalue weighted by atomic mass is 19.1. The Balaban J connectivity index is -0.000000701. The van der Waals surface area contributed by atoms with Gasteiger partial charge in [0.2, 0.25) is 6.41 Å². The van der Waals surface area contributed by atoms with Crippen LogP contribution < -0.4 is 10.6 Å². The van der Waals surface area contributed by atoms with Crippen molar-refractivity contribution in [2.45, 2.75) is 53.8 Å². The van der Waals surface area contributed by atoms with Crippen LogP contribution in [0.3, 0.4) is 0 Å². The molecule has 0 spiro atoms. The summed E-state index contributed by atoms with van der Waals surface area (Å²) in [7, 11) is 1.86. The van der Waals surface area contributed by atoms with Crippen molar-refractivity contribution >= 4 is 6.41 Å². The van der Waals surface area contributed by atoms with Crippen molar-refractivity contribution in [1.82, 2.24) is 10.6 Å². The Morgan fingerprint density at radius 2 is 1.60 bits per heavy atom. The molecule has 0 aromatic rings. The monoisotopic (exact) mass is 368 g/mol. The minimum atomic E-state index is -1.19. The number of ether oxygens (including phenoxy) is 3. The van der Waals surface area contributed by atoms with Gasteiger partial charge in [-0.1, -0.05) is 34.6 Å². The number of likely N-dealkylation sites (N-methyl/N-ethyl adjacent to an activating group) is 1. The van der Waals surface area contributed by atoms with Crippen molar-refractivity contribution in [3.63, 3.8) is 0 Å².